The molecule has 0 radical (unpaired) electrons. The molecule has 2 unspecified atom stereocenters. The second kappa shape index (κ2) is 11.3. The first kappa shape index (κ1) is 24.9. The van der Waals surface area contributed by atoms with Crippen LogP contribution in [0.4, 0.5) is 0 Å². The molecule has 2 saturated carbocycles. The lowest BCUT2D eigenvalue weighted by molar-refractivity contribution is -0.122. The summed E-state index contributed by atoms with van der Waals surface area (Å²) in [6.07, 6.45) is 6.07. The van der Waals surface area contributed by atoms with Gasteiger partial charge in [-0.3, -0.25) is 4.79 Å². The van der Waals surface area contributed by atoms with Gasteiger partial charge in [0.1, 0.15) is 10.8 Å². The van der Waals surface area contributed by atoms with E-state index in [1.165, 1.54) is 19.3 Å². The van der Waals surface area contributed by atoms with Crippen molar-refractivity contribution in [3.05, 3.63) is 35.3 Å². The summed E-state index contributed by atoms with van der Waals surface area (Å²) in [6, 6.07) is 8.54. The van der Waals surface area contributed by atoms with E-state index < -0.39 is 0 Å². The number of rotatable bonds is 6. The average molecular weight is 472 g/mol. The van der Waals surface area contributed by atoms with Crippen molar-refractivity contribution in [2.75, 3.05) is 6.61 Å². The van der Waals surface area contributed by atoms with Gasteiger partial charge in [0.15, 0.2) is 0 Å². The summed E-state index contributed by atoms with van der Waals surface area (Å²) in [4.78, 5) is 17.3. The quantitative estimate of drug-likeness (QED) is 0.644. The number of aromatic nitrogens is 1. The zero-order valence-corrected chi connectivity index (χ0v) is 19.7. The highest BCUT2D eigenvalue weighted by atomic mass is 35.5. The number of nitrogens with two attached hydrogens (primary N) is 1. The van der Waals surface area contributed by atoms with Crippen molar-refractivity contribution < 1.29 is 9.53 Å². The molecule has 2 aromatic rings. The van der Waals surface area contributed by atoms with Crippen molar-refractivity contribution in [1.82, 2.24) is 10.3 Å². The minimum absolute atomic E-state index is 0. The van der Waals surface area contributed by atoms with Gasteiger partial charge in [-0.05, 0) is 68.7 Å². The molecule has 2 fully saturated rings. The minimum atomic E-state index is 0. The zero-order valence-electron chi connectivity index (χ0n) is 17.2. The van der Waals surface area contributed by atoms with Gasteiger partial charge >= 0.3 is 0 Å². The Bertz CT molecular complexity index is 801. The summed E-state index contributed by atoms with van der Waals surface area (Å²) in [7, 11) is 0. The van der Waals surface area contributed by atoms with E-state index in [0.29, 0.717) is 36.9 Å². The number of benzene rings is 1. The lowest BCUT2D eigenvalue weighted by Crippen LogP contribution is -2.54. The van der Waals surface area contributed by atoms with E-state index in [4.69, 9.17) is 10.5 Å². The van der Waals surface area contributed by atoms with Crippen molar-refractivity contribution in [2.45, 2.75) is 57.5 Å². The van der Waals surface area contributed by atoms with Gasteiger partial charge in [-0.2, -0.15) is 0 Å². The first-order chi connectivity index (χ1) is 13.6. The molecular formula is C22H31Cl2N3O2S. The number of hydrogen-bond donors (Lipinski definition) is 2. The maximum atomic E-state index is 12.7. The highest BCUT2D eigenvalue weighted by molar-refractivity contribution is 7.13. The number of thiazole rings is 1. The maximum absolute atomic E-state index is 12.7. The predicted molar refractivity (Wildman–Crippen MR) is 127 cm³/mol. The van der Waals surface area contributed by atoms with Crippen molar-refractivity contribution in [2.24, 2.45) is 17.6 Å². The van der Waals surface area contributed by atoms with Crippen LogP contribution in [0.3, 0.4) is 0 Å². The normalized spacial score (nSPS) is 24.9. The largest absolute Gasteiger partial charge is 0.494 e. The van der Waals surface area contributed by atoms with Gasteiger partial charge in [-0.15, -0.1) is 36.2 Å². The van der Waals surface area contributed by atoms with Gasteiger partial charge in [0, 0.05) is 23.0 Å². The summed E-state index contributed by atoms with van der Waals surface area (Å²) in [6.45, 7) is 2.63. The lowest BCUT2D eigenvalue weighted by Gasteiger charge is -2.45. The second-order valence-electron chi connectivity index (χ2n) is 8.05. The zero-order chi connectivity index (χ0) is 19.5. The number of amides is 1. The van der Waals surface area contributed by atoms with E-state index in [-0.39, 0.29) is 30.7 Å². The summed E-state index contributed by atoms with van der Waals surface area (Å²) >= 11 is 1.58. The van der Waals surface area contributed by atoms with Crippen LogP contribution in [0.25, 0.3) is 10.6 Å². The molecule has 2 aliphatic carbocycles. The Balaban J connectivity index is 0.00000160. The molecule has 1 amide bonds. The lowest BCUT2D eigenvalue weighted by atomic mass is 9.67. The summed E-state index contributed by atoms with van der Waals surface area (Å²) in [5, 5.41) is 6.24. The number of hydrogen-bond acceptors (Lipinski definition) is 5. The average Bonchev–Trinajstić information content (AvgIpc) is 3.12. The van der Waals surface area contributed by atoms with Crippen LogP contribution in [-0.2, 0) is 11.2 Å². The second-order valence-corrected chi connectivity index (χ2v) is 8.91. The molecule has 4 rings (SSSR count). The third kappa shape index (κ3) is 5.88. The molecule has 30 heavy (non-hydrogen) atoms. The van der Waals surface area contributed by atoms with Gasteiger partial charge < -0.3 is 15.8 Å². The molecule has 166 valence electrons. The van der Waals surface area contributed by atoms with E-state index in [2.05, 4.69) is 10.3 Å². The van der Waals surface area contributed by atoms with Gasteiger partial charge in [-0.25, -0.2) is 4.98 Å². The Morgan fingerprint density at radius 1 is 1.20 bits per heavy atom. The summed E-state index contributed by atoms with van der Waals surface area (Å²) in [5.74, 6) is 2.03. The summed E-state index contributed by atoms with van der Waals surface area (Å²) in [5.41, 5.74) is 8.09. The van der Waals surface area contributed by atoms with Crippen molar-refractivity contribution in [3.63, 3.8) is 0 Å². The van der Waals surface area contributed by atoms with Gasteiger partial charge in [0.25, 0.3) is 0 Å². The fourth-order valence-corrected chi connectivity index (χ4v) is 5.63. The number of halogens is 2. The number of carbonyl (C=O) groups is 1. The molecule has 0 spiro atoms. The van der Waals surface area contributed by atoms with E-state index in [0.717, 1.165) is 34.9 Å². The number of fused-ring (bicyclic) bond motifs is 2. The molecule has 2 aliphatic rings. The molecule has 1 aromatic carbocycles. The molecule has 3 N–H and O–H groups in total. The topological polar surface area (TPSA) is 77.2 Å². The highest BCUT2D eigenvalue weighted by Gasteiger charge is 2.39. The smallest absolute Gasteiger partial charge is 0.226 e. The molecule has 1 aromatic heterocycles. The molecule has 0 aliphatic heterocycles. The number of nitrogens with zero attached hydrogens (tertiary/aromatic N) is 1. The van der Waals surface area contributed by atoms with Crippen molar-refractivity contribution in [1.29, 1.82) is 0 Å². The SMILES string of the molecule is CCOc1ccc(-c2nc(CC(=O)NC3C4CCCC3CC(N)C4)cs2)cc1.Cl.Cl. The fourth-order valence-electron chi connectivity index (χ4n) is 4.81. The minimum Gasteiger partial charge on any atom is -0.494 e. The van der Waals surface area contributed by atoms with Crippen molar-refractivity contribution in [3.8, 4) is 16.3 Å². The van der Waals surface area contributed by atoms with Crippen LogP contribution in [0, 0.1) is 11.8 Å². The number of nitrogens with one attached hydrogen (secondary N) is 1. The van der Waals surface area contributed by atoms with Crippen LogP contribution in [0.15, 0.2) is 29.6 Å². The number of carbonyl (C=O) groups excluding carboxylic acids is 1. The monoisotopic (exact) mass is 471 g/mol. The van der Waals surface area contributed by atoms with E-state index in [1.807, 2.05) is 36.6 Å². The Morgan fingerprint density at radius 2 is 1.87 bits per heavy atom. The van der Waals surface area contributed by atoms with Crippen LogP contribution < -0.4 is 15.8 Å². The Morgan fingerprint density at radius 3 is 2.50 bits per heavy atom. The van der Waals surface area contributed by atoms with Crippen LogP contribution in [0.1, 0.15) is 44.7 Å². The van der Waals surface area contributed by atoms with Gasteiger partial charge in [-0.1, -0.05) is 6.42 Å². The molecule has 8 heteroatoms. The maximum Gasteiger partial charge on any atom is 0.226 e. The van der Waals surface area contributed by atoms with E-state index in [9.17, 15) is 4.79 Å². The van der Waals surface area contributed by atoms with E-state index in [1.54, 1.807) is 11.3 Å². The van der Waals surface area contributed by atoms with Crippen LogP contribution >= 0.6 is 36.2 Å². The van der Waals surface area contributed by atoms with Crippen LogP contribution in [0.5, 0.6) is 5.75 Å². The third-order valence-electron chi connectivity index (χ3n) is 6.01. The molecule has 2 atom stereocenters. The van der Waals surface area contributed by atoms with Crippen LogP contribution in [-0.4, -0.2) is 29.6 Å². The molecule has 1 heterocycles. The first-order valence-corrected chi connectivity index (χ1v) is 11.2. The standard InChI is InChI=1S/C22H29N3O2S.2ClH/c1-2-27-19-8-6-14(7-9-19)22-24-18(13-28-22)12-20(26)25-21-15-4-3-5-16(21)11-17(23)10-15;;/h6-9,13,15-17,21H,2-5,10-12,23H2,1H3,(H,25,26);2*1H. The molecule has 5 nitrogen and oxygen atoms in total. The van der Waals surface area contributed by atoms with E-state index >= 15 is 0 Å². The molecule has 0 saturated heterocycles. The Labute approximate surface area is 195 Å². The van der Waals surface area contributed by atoms with Crippen molar-refractivity contribution >= 4 is 42.1 Å². The van der Waals surface area contributed by atoms with Gasteiger partial charge in [0.05, 0.1) is 18.7 Å². The Kier molecular flexibility index (Phi) is 9.41. The fraction of sp³-hybridized carbons (Fsp3) is 0.545. The number of ether oxygens (including phenoxy) is 1. The first-order valence-electron chi connectivity index (χ1n) is 10.3. The van der Waals surface area contributed by atoms with Gasteiger partial charge in [0.2, 0.25) is 5.91 Å². The predicted octanol–water partition coefficient (Wildman–Crippen LogP) is 4.62. The Hall–Kier alpha value is -1.34. The third-order valence-corrected chi connectivity index (χ3v) is 6.95. The molecule has 2 bridgehead atoms. The highest BCUT2D eigenvalue weighted by Crippen LogP contribution is 2.39. The van der Waals surface area contributed by atoms with Crippen LogP contribution in [0.2, 0.25) is 0 Å². The summed E-state index contributed by atoms with van der Waals surface area (Å²) < 4.78 is 5.49. The molecular weight excluding hydrogens is 441 g/mol.